The molecule has 4 heteroatoms. The summed E-state index contributed by atoms with van der Waals surface area (Å²) in [7, 11) is -1.62. The highest BCUT2D eigenvalue weighted by molar-refractivity contribution is 8.03. The zero-order chi connectivity index (χ0) is 21.8. The van der Waals surface area contributed by atoms with Gasteiger partial charge >= 0.3 is 0 Å². The van der Waals surface area contributed by atoms with Gasteiger partial charge in [0.2, 0.25) is 0 Å². The zero-order valence-corrected chi connectivity index (χ0v) is 23.0. The van der Waals surface area contributed by atoms with Gasteiger partial charge in [-0.25, -0.2) is 0 Å². The van der Waals surface area contributed by atoms with Crippen LogP contribution in [-0.2, 0) is 16.2 Å². The summed E-state index contributed by atoms with van der Waals surface area (Å²) < 4.78 is 4.69. The lowest BCUT2D eigenvalue weighted by atomic mass is 9.95. The summed E-state index contributed by atoms with van der Waals surface area (Å²) in [6.45, 7) is 23.5. The standard InChI is InChI=1S/C25H36PS3/c1-23(2,3)17-11-14-20(27-17)26(10,21-15-12-18(28-21)24(4,5)6)22-16-13-19(29-22)25(7,8)9/h11-16H,1-10H3/q+1. The number of hydrogen-bond acceptors (Lipinski definition) is 3. The molecular formula is C25H36PS3+. The number of rotatable bonds is 3. The van der Waals surface area contributed by atoms with E-state index in [1.165, 1.54) is 14.6 Å². The fourth-order valence-electron chi connectivity index (χ4n) is 3.24. The van der Waals surface area contributed by atoms with E-state index >= 15 is 0 Å². The third kappa shape index (κ3) is 4.59. The second-order valence-corrected chi connectivity index (χ2v) is 18.8. The van der Waals surface area contributed by atoms with Gasteiger partial charge in [0.25, 0.3) is 0 Å². The van der Waals surface area contributed by atoms with Crippen molar-refractivity contribution in [2.24, 2.45) is 0 Å². The number of hydrogen-bond donors (Lipinski definition) is 0. The molecule has 0 N–H and O–H groups in total. The molecule has 0 saturated heterocycles. The van der Waals surface area contributed by atoms with Crippen molar-refractivity contribution >= 4 is 55.1 Å². The Kier molecular flexibility index (Phi) is 6.07. The van der Waals surface area contributed by atoms with E-state index in [-0.39, 0.29) is 16.2 Å². The quantitative estimate of drug-likeness (QED) is 0.349. The molecule has 0 unspecified atom stereocenters. The predicted molar refractivity (Wildman–Crippen MR) is 141 cm³/mol. The van der Waals surface area contributed by atoms with E-state index in [2.05, 4.69) is 105 Å². The molecule has 0 aliphatic heterocycles. The molecule has 0 fully saturated rings. The van der Waals surface area contributed by atoms with Crippen molar-refractivity contribution in [3.05, 3.63) is 51.0 Å². The Morgan fingerprint density at radius 1 is 0.483 bits per heavy atom. The largest absolute Gasteiger partial charge is 0.158 e. The van der Waals surface area contributed by atoms with E-state index in [4.69, 9.17) is 0 Å². The second-order valence-electron chi connectivity index (χ2n) is 11.2. The molecule has 3 rings (SSSR count). The van der Waals surface area contributed by atoms with Gasteiger partial charge in [-0.2, -0.15) is 0 Å². The van der Waals surface area contributed by atoms with E-state index in [0.717, 1.165) is 0 Å². The maximum atomic E-state index is 2.54. The summed E-state index contributed by atoms with van der Waals surface area (Å²) in [6.07, 6.45) is 0. The SMILES string of the molecule is CC(C)(C)c1ccc([P+](C)(c2ccc(C(C)(C)C)s2)c2ccc(C(C)(C)C)s2)s1. The molecular weight excluding hydrogens is 427 g/mol. The fraction of sp³-hybridized carbons (Fsp3) is 0.520. The first-order chi connectivity index (χ1) is 13.1. The lowest BCUT2D eigenvalue weighted by Crippen LogP contribution is -2.25. The average Bonchev–Trinajstić information content (AvgIpc) is 3.30. The average molecular weight is 464 g/mol. The predicted octanol–water partition coefficient (Wildman–Crippen LogP) is 7.69. The minimum absolute atomic E-state index is 0.200. The molecule has 0 spiro atoms. The molecule has 0 amide bonds. The lowest BCUT2D eigenvalue weighted by molar-refractivity contribution is 0.603. The van der Waals surface area contributed by atoms with Crippen LogP contribution in [0.5, 0.6) is 0 Å². The van der Waals surface area contributed by atoms with Gasteiger partial charge in [0.1, 0.15) is 7.26 Å². The third-order valence-corrected chi connectivity index (χ3v) is 16.5. The highest BCUT2D eigenvalue weighted by atomic mass is 32.1. The van der Waals surface area contributed by atoms with Crippen LogP contribution in [0.3, 0.4) is 0 Å². The van der Waals surface area contributed by atoms with Crippen molar-refractivity contribution in [2.45, 2.75) is 78.6 Å². The Bertz CT molecular complexity index is 853. The topological polar surface area (TPSA) is 0 Å². The maximum Gasteiger partial charge on any atom is 0.158 e. The molecule has 158 valence electrons. The van der Waals surface area contributed by atoms with Crippen LogP contribution in [0.15, 0.2) is 36.4 Å². The highest BCUT2D eigenvalue weighted by Gasteiger charge is 2.46. The Morgan fingerprint density at radius 2 is 0.724 bits per heavy atom. The van der Waals surface area contributed by atoms with Crippen molar-refractivity contribution in [3.8, 4) is 0 Å². The van der Waals surface area contributed by atoms with Crippen LogP contribution < -0.4 is 13.9 Å². The molecule has 0 aliphatic rings. The molecule has 29 heavy (non-hydrogen) atoms. The minimum Gasteiger partial charge on any atom is -0.103 e. The van der Waals surface area contributed by atoms with Crippen LogP contribution in [0.4, 0.5) is 0 Å². The summed E-state index contributed by atoms with van der Waals surface area (Å²) in [5, 5.41) is 0. The van der Waals surface area contributed by atoms with Crippen LogP contribution in [0.1, 0.15) is 76.9 Å². The highest BCUT2D eigenvalue weighted by Crippen LogP contribution is 2.57. The molecule has 0 atom stereocenters. The van der Waals surface area contributed by atoms with Gasteiger partial charge in [0.05, 0.1) is 6.66 Å². The summed E-state index contributed by atoms with van der Waals surface area (Å²) in [5.41, 5.74) is 0.601. The molecule has 0 radical (unpaired) electrons. The monoisotopic (exact) mass is 463 g/mol. The van der Waals surface area contributed by atoms with Crippen molar-refractivity contribution in [1.82, 2.24) is 0 Å². The van der Waals surface area contributed by atoms with E-state index in [9.17, 15) is 0 Å². The van der Waals surface area contributed by atoms with Crippen molar-refractivity contribution in [2.75, 3.05) is 6.66 Å². The minimum atomic E-state index is -1.62. The van der Waals surface area contributed by atoms with Crippen LogP contribution in [-0.4, -0.2) is 6.66 Å². The molecule has 0 nitrogen and oxygen atoms in total. The second kappa shape index (κ2) is 7.59. The van der Waals surface area contributed by atoms with Gasteiger partial charge in [0, 0.05) is 14.6 Å². The van der Waals surface area contributed by atoms with E-state index in [0.29, 0.717) is 0 Å². The summed E-state index contributed by atoms with van der Waals surface area (Å²) in [4.78, 5) is 4.46. The first-order valence-electron chi connectivity index (χ1n) is 10.3. The van der Waals surface area contributed by atoms with Crippen molar-refractivity contribution < 1.29 is 0 Å². The van der Waals surface area contributed by atoms with Crippen LogP contribution in [0.25, 0.3) is 0 Å². The van der Waals surface area contributed by atoms with Crippen LogP contribution in [0, 0.1) is 0 Å². The summed E-state index contributed by atoms with van der Waals surface area (Å²) in [6, 6.07) is 14.4. The molecule has 0 aromatic carbocycles. The van der Waals surface area contributed by atoms with Crippen molar-refractivity contribution in [3.63, 3.8) is 0 Å². The molecule has 0 saturated carbocycles. The van der Waals surface area contributed by atoms with E-state index in [1.54, 1.807) is 13.9 Å². The summed E-state index contributed by atoms with van der Waals surface area (Å²) in [5.74, 6) is 0. The normalized spacial score (nSPS) is 13.9. The molecule has 3 aromatic rings. The van der Waals surface area contributed by atoms with Crippen LogP contribution in [0.2, 0.25) is 0 Å². The Morgan fingerprint density at radius 3 is 0.897 bits per heavy atom. The maximum absolute atomic E-state index is 2.54. The lowest BCUT2D eigenvalue weighted by Gasteiger charge is -2.20. The van der Waals surface area contributed by atoms with Gasteiger partial charge < -0.3 is 0 Å². The van der Waals surface area contributed by atoms with Crippen LogP contribution >= 0.6 is 41.3 Å². The van der Waals surface area contributed by atoms with Crippen molar-refractivity contribution in [1.29, 1.82) is 0 Å². The Labute approximate surface area is 190 Å². The Balaban J connectivity index is 2.20. The molecule has 3 heterocycles. The van der Waals surface area contributed by atoms with Gasteiger partial charge in [0.15, 0.2) is 13.9 Å². The van der Waals surface area contributed by atoms with E-state index in [1.807, 2.05) is 34.0 Å². The van der Waals surface area contributed by atoms with Gasteiger partial charge in [-0.05, 0) is 52.6 Å². The third-order valence-electron chi connectivity index (χ3n) is 5.32. The molecule has 0 aliphatic carbocycles. The van der Waals surface area contributed by atoms with Gasteiger partial charge in [-0.15, -0.1) is 34.0 Å². The van der Waals surface area contributed by atoms with Gasteiger partial charge in [-0.3, -0.25) is 0 Å². The Hall–Kier alpha value is -0.470. The molecule has 0 bridgehead atoms. The first kappa shape index (κ1) is 23.2. The van der Waals surface area contributed by atoms with Gasteiger partial charge in [-0.1, -0.05) is 62.3 Å². The fourth-order valence-corrected chi connectivity index (χ4v) is 12.8. The van der Waals surface area contributed by atoms with E-state index < -0.39 is 7.26 Å². The smallest absolute Gasteiger partial charge is 0.103 e. The summed E-state index contributed by atoms with van der Waals surface area (Å²) >= 11 is 6.10. The molecule has 3 aromatic heterocycles. The zero-order valence-electron chi connectivity index (χ0n) is 19.6. The number of thiophene rings is 3. The first-order valence-corrected chi connectivity index (χ1v) is 15.0.